The molecule has 0 unspecified atom stereocenters. The fraction of sp³-hybridized carbons (Fsp3) is 0.304. The quantitative estimate of drug-likeness (QED) is 0.723. The highest BCUT2D eigenvalue weighted by atomic mass is 16.5. The van der Waals surface area contributed by atoms with E-state index in [0.29, 0.717) is 31.0 Å². The minimum Gasteiger partial charge on any atom is -0.494 e. The molecule has 5 nitrogen and oxygen atoms in total. The molecule has 144 valence electrons. The molecule has 0 bridgehead atoms. The lowest BCUT2D eigenvalue weighted by molar-refractivity contribution is -0.136. The number of hydrogen-bond acceptors (Lipinski definition) is 4. The zero-order valence-corrected chi connectivity index (χ0v) is 16.3. The second kappa shape index (κ2) is 7.50. The van der Waals surface area contributed by atoms with Crippen molar-refractivity contribution >= 4 is 23.1 Å². The molecule has 5 heteroatoms. The fourth-order valence-corrected chi connectivity index (χ4v) is 3.87. The predicted molar refractivity (Wildman–Crippen MR) is 109 cm³/mol. The van der Waals surface area contributed by atoms with Gasteiger partial charge in [0.25, 0.3) is 11.8 Å². The van der Waals surface area contributed by atoms with E-state index in [0.717, 1.165) is 29.8 Å². The number of carbonyl (C=O) groups is 2. The van der Waals surface area contributed by atoms with E-state index < -0.39 is 0 Å². The van der Waals surface area contributed by atoms with Crippen molar-refractivity contribution in [1.82, 2.24) is 4.90 Å². The minimum absolute atomic E-state index is 0.217. The van der Waals surface area contributed by atoms with Crippen molar-refractivity contribution in [2.75, 3.05) is 24.6 Å². The average Bonchev–Trinajstić information content (AvgIpc) is 3.25. The second-order valence-corrected chi connectivity index (χ2v) is 6.98. The van der Waals surface area contributed by atoms with Crippen molar-refractivity contribution < 1.29 is 14.3 Å². The minimum atomic E-state index is -0.228. The molecule has 0 N–H and O–H groups in total. The van der Waals surface area contributed by atoms with Crippen molar-refractivity contribution in [2.24, 2.45) is 0 Å². The highest BCUT2D eigenvalue weighted by Gasteiger charge is 2.42. The lowest BCUT2D eigenvalue weighted by Crippen LogP contribution is -2.34. The largest absolute Gasteiger partial charge is 0.494 e. The van der Waals surface area contributed by atoms with Gasteiger partial charge in [0.15, 0.2) is 0 Å². The number of amides is 2. The molecule has 2 aromatic rings. The first-order chi connectivity index (χ1) is 13.7. The first kappa shape index (κ1) is 18.3. The highest BCUT2D eigenvalue weighted by Crippen LogP contribution is 2.38. The number of para-hydroxylation sites is 1. The Morgan fingerprint density at radius 3 is 2.43 bits per heavy atom. The maximum absolute atomic E-state index is 13.1. The number of anilines is 1. The summed E-state index contributed by atoms with van der Waals surface area (Å²) < 4.78 is 5.65. The number of carbonyl (C=O) groups excluding carboxylic acids is 2. The monoisotopic (exact) mass is 376 g/mol. The van der Waals surface area contributed by atoms with Crippen LogP contribution in [0.1, 0.15) is 31.4 Å². The van der Waals surface area contributed by atoms with Gasteiger partial charge >= 0.3 is 0 Å². The summed E-state index contributed by atoms with van der Waals surface area (Å²) in [5.41, 5.74) is 3.92. The molecule has 4 rings (SSSR count). The van der Waals surface area contributed by atoms with E-state index in [9.17, 15) is 9.59 Å². The van der Waals surface area contributed by atoms with Gasteiger partial charge in [-0.15, -0.1) is 0 Å². The number of likely N-dealkylation sites (N-methyl/N-ethyl adjacent to an activating group) is 1. The SMILES string of the molecule is CCCOc1ccc(C2=C(N3CCc4ccccc43)C(=O)N(CC)C2=O)cc1. The predicted octanol–water partition coefficient (Wildman–Crippen LogP) is 3.64. The summed E-state index contributed by atoms with van der Waals surface area (Å²) in [4.78, 5) is 29.5. The van der Waals surface area contributed by atoms with Gasteiger partial charge in [-0.3, -0.25) is 14.5 Å². The molecular formula is C23H24N2O3. The van der Waals surface area contributed by atoms with E-state index in [1.54, 1.807) is 0 Å². The van der Waals surface area contributed by atoms with Crippen LogP contribution in [0.4, 0.5) is 5.69 Å². The average molecular weight is 376 g/mol. The number of ether oxygens (including phenoxy) is 1. The molecule has 2 heterocycles. The molecule has 2 amide bonds. The third-order valence-electron chi connectivity index (χ3n) is 5.23. The van der Waals surface area contributed by atoms with E-state index >= 15 is 0 Å². The fourth-order valence-electron chi connectivity index (χ4n) is 3.87. The van der Waals surface area contributed by atoms with Gasteiger partial charge in [0.05, 0.1) is 12.2 Å². The summed E-state index contributed by atoms with van der Waals surface area (Å²) in [6, 6.07) is 15.5. The summed E-state index contributed by atoms with van der Waals surface area (Å²) in [6.07, 6.45) is 1.80. The molecule has 0 radical (unpaired) electrons. The van der Waals surface area contributed by atoms with E-state index in [4.69, 9.17) is 4.74 Å². The van der Waals surface area contributed by atoms with E-state index in [2.05, 4.69) is 13.0 Å². The zero-order chi connectivity index (χ0) is 19.7. The first-order valence-electron chi connectivity index (χ1n) is 9.84. The summed E-state index contributed by atoms with van der Waals surface area (Å²) in [6.45, 7) is 5.60. The Labute approximate surface area is 165 Å². The molecular weight excluding hydrogens is 352 g/mol. The van der Waals surface area contributed by atoms with Crippen LogP contribution in [-0.2, 0) is 16.0 Å². The van der Waals surface area contributed by atoms with E-state index in [1.807, 2.05) is 54.3 Å². The molecule has 0 spiro atoms. The summed E-state index contributed by atoms with van der Waals surface area (Å²) in [5, 5.41) is 0. The third-order valence-corrected chi connectivity index (χ3v) is 5.23. The normalized spacial score (nSPS) is 16.2. The molecule has 0 aromatic heterocycles. The lowest BCUT2D eigenvalue weighted by Gasteiger charge is -2.21. The number of imide groups is 1. The Morgan fingerprint density at radius 2 is 1.71 bits per heavy atom. The van der Waals surface area contributed by atoms with Crippen LogP contribution < -0.4 is 9.64 Å². The van der Waals surface area contributed by atoms with Gasteiger partial charge in [0, 0.05) is 18.8 Å². The molecule has 2 aliphatic rings. The maximum atomic E-state index is 13.1. The van der Waals surface area contributed by atoms with Gasteiger partial charge in [0.2, 0.25) is 0 Å². The highest BCUT2D eigenvalue weighted by molar-refractivity contribution is 6.36. The van der Waals surface area contributed by atoms with Crippen LogP contribution in [0.2, 0.25) is 0 Å². The second-order valence-electron chi connectivity index (χ2n) is 6.98. The Bertz CT molecular complexity index is 947. The molecule has 0 aliphatic carbocycles. The van der Waals surface area contributed by atoms with Crippen molar-refractivity contribution in [2.45, 2.75) is 26.7 Å². The van der Waals surface area contributed by atoms with Gasteiger partial charge in [-0.2, -0.15) is 0 Å². The van der Waals surface area contributed by atoms with Crippen molar-refractivity contribution in [3.05, 3.63) is 65.4 Å². The van der Waals surface area contributed by atoms with E-state index in [-0.39, 0.29) is 11.8 Å². The summed E-state index contributed by atoms with van der Waals surface area (Å²) in [5.74, 6) is 0.322. The molecule has 0 saturated carbocycles. The lowest BCUT2D eigenvalue weighted by atomic mass is 10.0. The van der Waals surface area contributed by atoms with Crippen LogP contribution in [0.25, 0.3) is 5.57 Å². The van der Waals surface area contributed by atoms with Crippen LogP contribution >= 0.6 is 0 Å². The van der Waals surface area contributed by atoms with Gasteiger partial charge in [-0.25, -0.2) is 0 Å². The van der Waals surface area contributed by atoms with Gasteiger partial charge < -0.3 is 9.64 Å². The van der Waals surface area contributed by atoms with Crippen LogP contribution in [-0.4, -0.2) is 36.4 Å². The van der Waals surface area contributed by atoms with Crippen LogP contribution in [0.5, 0.6) is 5.75 Å². The van der Waals surface area contributed by atoms with Crippen LogP contribution in [0.15, 0.2) is 54.2 Å². The van der Waals surface area contributed by atoms with Crippen molar-refractivity contribution in [1.29, 1.82) is 0 Å². The van der Waals surface area contributed by atoms with E-state index in [1.165, 1.54) is 10.5 Å². The number of nitrogens with zero attached hydrogens (tertiary/aromatic N) is 2. The number of rotatable bonds is 6. The Hall–Kier alpha value is -3.08. The number of fused-ring (bicyclic) bond motifs is 1. The van der Waals surface area contributed by atoms with Crippen LogP contribution in [0.3, 0.4) is 0 Å². The van der Waals surface area contributed by atoms with Gasteiger partial charge in [-0.1, -0.05) is 37.3 Å². The van der Waals surface area contributed by atoms with Gasteiger partial charge in [-0.05, 0) is 49.1 Å². The molecule has 2 aliphatic heterocycles. The summed E-state index contributed by atoms with van der Waals surface area (Å²) in [7, 11) is 0. The molecule has 0 atom stereocenters. The van der Waals surface area contributed by atoms with Crippen LogP contribution in [0, 0.1) is 0 Å². The maximum Gasteiger partial charge on any atom is 0.278 e. The first-order valence-corrected chi connectivity index (χ1v) is 9.84. The third kappa shape index (κ3) is 2.97. The molecule has 0 fully saturated rings. The Balaban J connectivity index is 1.78. The van der Waals surface area contributed by atoms with Gasteiger partial charge in [0.1, 0.15) is 11.4 Å². The molecule has 2 aromatic carbocycles. The Morgan fingerprint density at radius 1 is 0.964 bits per heavy atom. The molecule has 28 heavy (non-hydrogen) atoms. The smallest absolute Gasteiger partial charge is 0.278 e. The summed E-state index contributed by atoms with van der Waals surface area (Å²) >= 11 is 0. The topological polar surface area (TPSA) is 49.9 Å². The standard InChI is InChI=1S/C23H24N2O3/c1-3-15-28-18-11-9-17(10-12-18)20-21(23(27)24(4-2)22(20)26)25-14-13-16-7-5-6-8-19(16)25/h5-12H,3-4,13-15H2,1-2H3. The number of benzene rings is 2. The Kier molecular flexibility index (Phi) is 4.90. The van der Waals surface area contributed by atoms with Crippen molar-refractivity contribution in [3.8, 4) is 5.75 Å². The number of hydrogen-bond donors (Lipinski definition) is 0. The zero-order valence-electron chi connectivity index (χ0n) is 16.3. The molecule has 0 saturated heterocycles. The van der Waals surface area contributed by atoms with Crippen molar-refractivity contribution in [3.63, 3.8) is 0 Å².